The van der Waals surface area contributed by atoms with Gasteiger partial charge in [-0.2, -0.15) is 0 Å². The van der Waals surface area contributed by atoms with Crippen LogP contribution in [0.3, 0.4) is 0 Å². The molecular formula is C24H32N2O2S. The second-order valence-electron chi connectivity index (χ2n) is 10.5. The van der Waals surface area contributed by atoms with E-state index < -0.39 is 5.60 Å². The van der Waals surface area contributed by atoms with Gasteiger partial charge in [-0.3, -0.25) is 0 Å². The zero-order valence-electron chi connectivity index (χ0n) is 17.0. The van der Waals surface area contributed by atoms with E-state index in [4.69, 9.17) is 0 Å². The lowest BCUT2D eigenvalue weighted by atomic mass is 9.52. The molecule has 2 aliphatic heterocycles. The summed E-state index contributed by atoms with van der Waals surface area (Å²) in [5.41, 5.74) is -0.427. The highest BCUT2D eigenvalue weighted by molar-refractivity contribution is 8.00. The average Bonchev–Trinajstić information content (AvgIpc) is 2.95. The van der Waals surface area contributed by atoms with Crippen molar-refractivity contribution in [2.45, 2.75) is 91.7 Å². The largest absolute Gasteiger partial charge is 0.390 e. The predicted molar refractivity (Wildman–Crippen MR) is 115 cm³/mol. The minimum atomic E-state index is -0.427. The van der Waals surface area contributed by atoms with Crippen LogP contribution in [-0.2, 0) is 0 Å². The van der Waals surface area contributed by atoms with E-state index in [0.717, 1.165) is 44.9 Å². The summed E-state index contributed by atoms with van der Waals surface area (Å²) in [5.74, 6) is 1.66. The van der Waals surface area contributed by atoms with Crippen LogP contribution in [0, 0.1) is 17.8 Å². The van der Waals surface area contributed by atoms with Crippen LogP contribution in [0.15, 0.2) is 35.2 Å². The summed E-state index contributed by atoms with van der Waals surface area (Å²) >= 11 is 1.99. The molecule has 1 aromatic rings. The zero-order valence-corrected chi connectivity index (χ0v) is 17.8. The van der Waals surface area contributed by atoms with Gasteiger partial charge in [0.25, 0.3) is 0 Å². The Kier molecular flexibility index (Phi) is 4.42. The smallest absolute Gasteiger partial charge is 0.318 e. The monoisotopic (exact) mass is 412 g/mol. The van der Waals surface area contributed by atoms with E-state index >= 15 is 0 Å². The number of benzene rings is 1. The molecule has 4 saturated carbocycles. The van der Waals surface area contributed by atoms with Crippen molar-refractivity contribution in [2.24, 2.45) is 17.8 Å². The third-order valence-corrected chi connectivity index (χ3v) is 9.76. The lowest BCUT2D eigenvalue weighted by Crippen LogP contribution is -2.63. The highest BCUT2D eigenvalue weighted by Crippen LogP contribution is 2.55. The van der Waals surface area contributed by atoms with Crippen LogP contribution < -0.4 is 5.32 Å². The van der Waals surface area contributed by atoms with Crippen LogP contribution in [0.1, 0.15) is 57.8 Å². The maximum absolute atomic E-state index is 13.3. The van der Waals surface area contributed by atoms with Crippen molar-refractivity contribution in [3.05, 3.63) is 30.3 Å². The summed E-state index contributed by atoms with van der Waals surface area (Å²) in [4.78, 5) is 16.9. The van der Waals surface area contributed by atoms with Crippen molar-refractivity contribution >= 4 is 17.8 Å². The molecule has 4 atom stereocenters. The SMILES string of the molecule is O=C(NC1C2CC3CC1CC(O)(C3)C2)N1C2CCC1CC(Sc1ccccc1)C2. The van der Waals surface area contributed by atoms with Crippen molar-refractivity contribution in [2.75, 3.05) is 0 Å². The lowest BCUT2D eigenvalue weighted by molar-refractivity contribution is -0.137. The molecule has 7 rings (SSSR count). The standard InChI is InChI=1S/C24H32N2O2S/c27-23(25-22-16-8-15-9-17(22)14-24(28,12-15)13-16)26-18-6-7-19(26)11-21(10-18)29-20-4-2-1-3-5-20/h1-5,15-19,21-22,28H,6-14H2,(H,25,27). The van der Waals surface area contributed by atoms with Gasteiger partial charge in [0.1, 0.15) is 0 Å². The fourth-order valence-corrected chi connectivity index (χ4v) is 9.02. The Labute approximate surface area is 177 Å². The number of rotatable bonds is 3. The second kappa shape index (κ2) is 6.91. The molecule has 0 radical (unpaired) electrons. The Balaban J connectivity index is 1.11. The summed E-state index contributed by atoms with van der Waals surface area (Å²) < 4.78 is 0. The molecule has 156 valence electrons. The van der Waals surface area contributed by atoms with Gasteiger partial charge in [-0.05, 0) is 87.7 Å². The lowest BCUT2D eigenvalue weighted by Gasteiger charge is -2.58. The summed E-state index contributed by atoms with van der Waals surface area (Å²) in [6, 6.07) is 12.0. The maximum Gasteiger partial charge on any atom is 0.318 e. The maximum atomic E-state index is 13.3. The third kappa shape index (κ3) is 3.29. The minimum absolute atomic E-state index is 0.185. The molecule has 4 unspecified atom stereocenters. The van der Waals surface area contributed by atoms with Crippen LogP contribution in [0.4, 0.5) is 4.79 Å². The molecule has 6 aliphatic rings. The molecule has 29 heavy (non-hydrogen) atoms. The molecule has 0 spiro atoms. The number of thioether (sulfide) groups is 1. The van der Waals surface area contributed by atoms with Crippen LogP contribution in [0.5, 0.6) is 0 Å². The van der Waals surface area contributed by atoms with Gasteiger partial charge in [-0.1, -0.05) is 18.2 Å². The second-order valence-corrected chi connectivity index (χ2v) is 11.9. The number of carbonyl (C=O) groups excluding carboxylic acids is 1. The minimum Gasteiger partial charge on any atom is -0.390 e. The van der Waals surface area contributed by atoms with E-state index in [2.05, 4.69) is 40.5 Å². The van der Waals surface area contributed by atoms with E-state index in [1.807, 2.05) is 11.8 Å². The van der Waals surface area contributed by atoms with Gasteiger partial charge in [-0.25, -0.2) is 4.79 Å². The number of piperidine rings is 1. The molecule has 4 nitrogen and oxygen atoms in total. The Hall–Kier alpha value is -1.20. The van der Waals surface area contributed by atoms with Gasteiger partial charge < -0.3 is 15.3 Å². The molecule has 2 heterocycles. The number of urea groups is 1. The van der Waals surface area contributed by atoms with Crippen LogP contribution in [-0.4, -0.2) is 45.0 Å². The molecule has 2 amide bonds. The first kappa shape index (κ1) is 18.6. The van der Waals surface area contributed by atoms with E-state index in [-0.39, 0.29) is 12.1 Å². The highest BCUT2D eigenvalue weighted by Gasteiger charge is 2.55. The summed E-state index contributed by atoms with van der Waals surface area (Å²) in [5, 5.41) is 14.9. The first-order valence-electron chi connectivity index (χ1n) is 11.6. The first-order chi connectivity index (χ1) is 14.1. The highest BCUT2D eigenvalue weighted by atomic mass is 32.2. The number of amides is 2. The first-order valence-corrected chi connectivity index (χ1v) is 12.5. The number of nitrogens with zero attached hydrogens (tertiary/aromatic N) is 1. The molecule has 0 aromatic heterocycles. The number of nitrogens with one attached hydrogen (secondary N) is 1. The quantitative estimate of drug-likeness (QED) is 0.773. The zero-order chi connectivity index (χ0) is 19.6. The van der Waals surface area contributed by atoms with Crippen molar-refractivity contribution in [1.29, 1.82) is 0 Å². The Bertz CT molecular complexity index is 756. The Morgan fingerprint density at radius 2 is 1.66 bits per heavy atom. The van der Waals surface area contributed by atoms with Crippen molar-refractivity contribution in [1.82, 2.24) is 10.2 Å². The molecule has 5 heteroatoms. The van der Waals surface area contributed by atoms with Gasteiger partial charge in [0.2, 0.25) is 0 Å². The van der Waals surface area contributed by atoms with Crippen molar-refractivity contribution < 1.29 is 9.90 Å². The molecule has 2 N–H and O–H groups in total. The number of hydrogen-bond acceptors (Lipinski definition) is 3. The van der Waals surface area contributed by atoms with E-state index in [9.17, 15) is 9.90 Å². The summed E-state index contributed by atoms with van der Waals surface area (Å²) in [7, 11) is 0. The molecule has 6 bridgehead atoms. The van der Waals surface area contributed by atoms with Gasteiger partial charge in [-0.15, -0.1) is 11.8 Å². The van der Waals surface area contributed by atoms with Crippen LogP contribution >= 0.6 is 11.8 Å². The van der Waals surface area contributed by atoms with Gasteiger partial charge >= 0.3 is 6.03 Å². The summed E-state index contributed by atoms with van der Waals surface area (Å²) in [6.07, 6.45) is 9.73. The van der Waals surface area contributed by atoms with E-state index in [0.29, 0.717) is 35.1 Å². The average molecular weight is 413 g/mol. The fraction of sp³-hybridized carbons (Fsp3) is 0.708. The van der Waals surface area contributed by atoms with Crippen LogP contribution in [0.25, 0.3) is 0 Å². The molecule has 2 saturated heterocycles. The molecular weight excluding hydrogens is 380 g/mol. The topological polar surface area (TPSA) is 52.6 Å². The normalized spacial score (nSPS) is 44.9. The predicted octanol–water partition coefficient (Wildman–Crippen LogP) is 4.42. The van der Waals surface area contributed by atoms with Crippen LogP contribution in [0.2, 0.25) is 0 Å². The fourth-order valence-electron chi connectivity index (χ4n) is 7.68. The van der Waals surface area contributed by atoms with Crippen molar-refractivity contribution in [3.8, 4) is 0 Å². The number of fused-ring (bicyclic) bond motifs is 2. The Morgan fingerprint density at radius 1 is 1.00 bits per heavy atom. The van der Waals surface area contributed by atoms with E-state index in [1.54, 1.807) is 0 Å². The summed E-state index contributed by atoms with van der Waals surface area (Å²) in [6.45, 7) is 0. The Morgan fingerprint density at radius 3 is 2.28 bits per heavy atom. The molecule has 4 aliphatic carbocycles. The van der Waals surface area contributed by atoms with Crippen molar-refractivity contribution in [3.63, 3.8) is 0 Å². The molecule has 6 fully saturated rings. The van der Waals surface area contributed by atoms with Gasteiger partial charge in [0, 0.05) is 28.3 Å². The number of carbonyl (C=O) groups is 1. The van der Waals surface area contributed by atoms with E-state index in [1.165, 1.54) is 17.7 Å². The number of aliphatic hydroxyl groups is 1. The van der Waals surface area contributed by atoms with Gasteiger partial charge in [0.05, 0.1) is 5.60 Å². The number of hydrogen-bond donors (Lipinski definition) is 2. The van der Waals surface area contributed by atoms with Gasteiger partial charge in [0.15, 0.2) is 0 Å². The third-order valence-electron chi connectivity index (χ3n) is 8.50. The molecule has 1 aromatic carbocycles.